The van der Waals surface area contributed by atoms with Gasteiger partial charge in [-0.15, -0.1) is 0 Å². The van der Waals surface area contributed by atoms with Crippen molar-refractivity contribution in [3.05, 3.63) is 29.3 Å². The molecule has 4 nitrogen and oxygen atoms in total. The lowest BCUT2D eigenvalue weighted by atomic mass is 10.1. The van der Waals surface area contributed by atoms with Gasteiger partial charge in [0.15, 0.2) is 5.60 Å². The van der Waals surface area contributed by atoms with Gasteiger partial charge >= 0.3 is 0 Å². The molecule has 21 heavy (non-hydrogen) atoms. The van der Waals surface area contributed by atoms with Gasteiger partial charge < -0.3 is 14.7 Å². The van der Waals surface area contributed by atoms with Gasteiger partial charge in [-0.2, -0.15) is 0 Å². The summed E-state index contributed by atoms with van der Waals surface area (Å²) >= 11 is 5.84. The number of hydrogen-bond acceptors (Lipinski definition) is 3. The van der Waals surface area contributed by atoms with E-state index in [1.807, 2.05) is 4.90 Å². The second kappa shape index (κ2) is 6.67. The summed E-state index contributed by atoms with van der Waals surface area (Å²) in [5, 5.41) is 9.63. The first kappa shape index (κ1) is 16.1. The largest absolute Gasteiger partial charge is 0.478 e. The van der Waals surface area contributed by atoms with Crippen LogP contribution in [0.2, 0.25) is 5.02 Å². The number of carbonyl (C=O) groups excluding carboxylic acids is 1. The van der Waals surface area contributed by atoms with Crippen molar-refractivity contribution in [2.45, 2.75) is 32.3 Å². The SMILES string of the molecule is CC(C)(Oc1ccc(Cl)cc1)C(=O)N1CCC(CCO)C1. The van der Waals surface area contributed by atoms with Crippen LogP contribution in [0.4, 0.5) is 0 Å². The Morgan fingerprint density at radius 2 is 2.10 bits per heavy atom. The maximum atomic E-state index is 12.6. The Morgan fingerprint density at radius 3 is 2.71 bits per heavy atom. The highest BCUT2D eigenvalue weighted by Crippen LogP contribution is 2.26. The summed E-state index contributed by atoms with van der Waals surface area (Å²) in [6.45, 7) is 5.17. The minimum atomic E-state index is -0.915. The van der Waals surface area contributed by atoms with Crippen LogP contribution in [0.5, 0.6) is 5.75 Å². The molecule has 1 heterocycles. The molecule has 1 aromatic carbocycles. The van der Waals surface area contributed by atoms with Crippen molar-refractivity contribution >= 4 is 17.5 Å². The van der Waals surface area contributed by atoms with Crippen LogP contribution in [-0.4, -0.2) is 41.2 Å². The molecule has 1 fully saturated rings. The van der Waals surface area contributed by atoms with E-state index in [0.717, 1.165) is 19.4 Å². The smallest absolute Gasteiger partial charge is 0.266 e. The van der Waals surface area contributed by atoms with E-state index in [4.69, 9.17) is 21.4 Å². The highest BCUT2D eigenvalue weighted by atomic mass is 35.5. The summed E-state index contributed by atoms with van der Waals surface area (Å²) in [4.78, 5) is 14.4. The number of rotatable bonds is 5. The second-order valence-electron chi connectivity index (χ2n) is 5.98. The molecule has 2 rings (SSSR count). The van der Waals surface area contributed by atoms with Gasteiger partial charge in [0.2, 0.25) is 0 Å². The fraction of sp³-hybridized carbons (Fsp3) is 0.562. The van der Waals surface area contributed by atoms with Crippen LogP contribution in [0.3, 0.4) is 0 Å². The van der Waals surface area contributed by atoms with Crippen molar-refractivity contribution < 1.29 is 14.6 Å². The molecule has 0 spiro atoms. The average Bonchev–Trinajstić information content (AvgIpc) is 2.89. The van der Waals surface area contributed by atoms with E-state index in [2.05, 4.69) is 0 Å². The van der Waals surface area contributed by atoms with Gasteiger partial charge in [0.05, 0.1) is 0 Å². The predicted molar refractivity (Wildman–Crippen MR) is 82.5 cm³/mol. The molecule has 0 bridgehead atoms. The fourth-order valence-corrected chi connectivity index (χ4v) is 2.78. The molecule has 1 unspecified atom stereocenters. The third-order valence-electron chi connectivity index (χ3n) is 3.81. The minimum absolute atomic E-state index is 0.0158. The van der Waals surface area contributed by atoms with Gasteiger partial charge in [0.1, 0.15) is 5.75 Å². The average molecular weight is 312 g/mol. The maximum Gasteiger partial charge on any atom is 0.266 e. The Balaban J connectivity index is 1.98. The van der Waals surface area contributed by atoms with Gasteiger partial charge in [0.25, 0.3) is 5.91 Å². The number of amides is 1. The number of halogens is 1. The Bertz CT molecular complexity index is 487. The van der Waals surface area contributed by atoms with Crippen molar-refractivity contribution in [3.8, 4) is 5.75 Å². The molecule has 1 aromatic rings. The molecule has 0 saturated carbocycles. The lowest BCUT2D eigenvalue weighted by Gasteiger charge is -2.30. The zero-order chi connectivity index (χ0) is 15.5. The van der Waals surface area contributed by atoms with E-state index in [1.54, 1.807) is 38.1 Å². The number of likely N-dealkylation sites (tertiary alicyclic amines) is 1. The monoisotopic (exact) mass is 311 g/mol. The highest BCUT2D eigenvalue weighted by Gasteiger charge is 2.37. The van der Waals surface area contributed by atoms with Crippen molar-refractivity contribution in [1.82, 2.24) is 4.90 Å². The van der Waals surface area contributed by atoms with Gasteiger partial charge in [-0.1, -0.05) is 11.6 Å². The standard InChI is InChI=1S/C16H22ClNO3/c1-16(2,21-14-5-3-13(17)4-6-14)15(20)18-9-7-12(11-18)8-10-19/h3-6,12,19H,7-11H2,1-2H3. The molecule has 5 heteroatoms. The van der Waals surface area contributed by atoms with Crippen LogP contribution in [0, 0.1) is 5.92 Å². The van der Waals surface area contributed by atoms with E-state index in [-0.39, 0.29) is 12.5 Å². The molecule has 116 valence electrons. The van der Waals surface area contributed by atoms with Crippen LogP contribution >= 0.6 is 11.6 Å². The number of aliphatic hydroxyl groups excluding tert-OH is 1. The molecule has 1 saturated heterocycles. The minimum Gasteiger partial charge on any atom is -0.478 e. The van der Waals surface area contributed by atoms with Crippen LogP contribution in [-0.2, 0) is 4.79 Å². The van der Waals surface area contributed by atoms with Crippen LogP contribution in [0.1, 0.15) is 26.7 Å². The molecular formula is C16H22ClNO3. The molecule has 0 aliphatic carbocycles. The number of carbonyl (C=O) groups is 1. The summed E-state index contributed by atoms with van der Waals surface area (Å²) < 4.78 is 5.83. The van der Waals surface area contributed by atoms with Crippen LogP contribution < -0.4 is 4.74 Å². The Labute approximate surface area is 130 Å². The number of aliphatic hydroxyl groups is 1. The van der Waals surface area contributed by atoms with Gasteiger partial charge in [-0.3, -0.25) is 4.79 Å². The summed E-state index contributed by atoms with van der Waals surface area (Å²) in [6.07, 6.45) is 1.70. The number of ether oxygens (including phenoxy) is 1. The zero-order valence-corrected chi connectivity index (χ0v) is 13.3. The van der Waals surface area contributed by atoms with E-state index >= 15 is 0 Å². The molecule has 1 aliphatic rings. The zero-order valence-electron chi connectivity index (χ0n) is 12.5. The molecule has 1 atom stereocenters. The normalized spacial score (nSPS) is 18.9. The van der Waals surface area contributed by atoms with Crippen LogP contribution in [0.15, 0.2) is 24.3 Å². The molecule has 0 aromatic heterocycles. The second-order valence-corrected chi connectivity index (χ2v) is 6.42. The number of benzene rings is 1. The van der Waals surface area contributed by atoms with Crippen molar-refractivity contribution in [2.24, 2.45) is 5.92 Å². The van der Waals surface area contributed by atoms with Crippen LogP contribution in [0.25, 0.3) is 0 Å². The summed E-state index contributed by atoms with van der Waals surface area (Å²) in [6, 6.07) is 7.00. The molecule has 1 N–H and O–H groups in total. The Morgan fingerprint density at radius 1 is 1.43 bits per heavy atom. The van der Waals surface area contributed by atoms with Crippen molar-refractivity contribution in [2.75, 3.05) is 19.7 Å². The topological polar surface area (TPSA) is 49.8 Å². The third kappa shape index (κ3) is 4.11. The van der Waals surface area contributed by atoms with E-state index in [1.165, 1.54) is 0 Å². The molecule has 1 amide bonds. The van der Waals surface area contributed by atoms with E-state index in [9.17, 15) is 4.79 Å². The Kier molecular flexibility index (Phi) is 5.12. The highest BCUT2D eigenvalue weighted by molar-refractivity contribution is 6.30. The maximum absolute atomic E-state index is 12.6. The first-order chi connectivity index (χ1) is 9.92. The summed E-state index contributed by atoms with van der Waals surface area (Å²) in [7, 11) is 0. The first-order valence-electron chi connectivity index (χ1n) is 7.27. The summed E-state index contributed by atoms with van der Waals surface area (Å²) in [5.74, 6) is 1.01. The number of nitrogens with zero attached hydrogens (tertiary/aromatic N) is 1. The van der Waals surface area contributed by atoms with Crippen molar-refractivity contribution in [3.63, 3.8) is 0 Å². The van der Waals surface area contributed by atoms with Crippen molar-refractivity contribution in [1.29, 1.82) is 0 Å². The molecular weight excluding hydrogens is 290 g/mol. The number of hydrogen-bond donors (Lipinski definition) is 1. The lowest BCUT2D eigenvalue weighted by Crippen LogP contribution is -2.48. The Hall–Kier alpha value is -1.26. The van der Waals surface area contributed by atoms with Gasteiger partial charge in [0, 0.05) is 24.7 Å². The molecule has 0 radical (unpaired) electrons. The molecule has 1 aliphatic heterocycles. The quantitative estimate of drug-likeness (QED) is 0.909. The van der Waals surface area contributed by atoms with E-state index in [0.29, 0.717) is 23.2 Å². The first-order valence-corrected chi connectivity index (χ1v) is 7.65. The van der Waals surface area contributed by atoms with E-state index < -0.39 is 5.60 Å². The summed E-state index contributed by atoms with van der Waals surface area (Å²) in [5.41, 5.74) is -0.915. The lowest BCUT2D eigenvalue weighted by molar-refractivity contribution is -0.144. The van der Waals surface area contributed by atoms with Gasteiger partial charge in [-0.25, -0.2) is 0 Å². The third-order valence-corrected chi connectivity index (χ3v) is 4.06. The fourth-order valence-electron chi connectivity index (χ4n) is 2.66. The van der Waals surface area contributed by atoms with Gasteiger partial charge in [-0.05, 0) is 56.9 Å². The predicted octanol–water partition coefficient (Wildman–Crippen LogP) is 2.73.